The molecule has 90 valence electrons. The molecule has 0 aromatic carbocycles. The third-order valence-electron chi connectivity index (χ3n) is 3.35. The molecule has 2 heteroatoms. The average Bonchev–Trinajstić information content (AvgIpc) is 2.22. The summed E-state index contributed by atoms with van der Waals surface area (Å²) in [4.78, 5) is 0. The second-order valence-corrected chi connectivity index (χ2v) is 6.37. The van der Waals surface area contributed by atoms with Crippen molar-refractivity contribution in [3.05, 3.63) is 0 Å². The highest BCUT2D eigenvalue weighted by molar-refractivity contribution is 7.99. The van der Waals surface area contributed by atoms with Gasteiger partial charge in [0.25, 0.3) is 0 Å². The van der Waals surface area contributed by atoms with Gasteiger partial charge in [0.2, 0.25) is 0 Å². The second kappa shape index (κ2) is 7.56. The maximum Gasteiger partial charge on any atom is 0.0186 e. The summed E-state index contributed by atoms with van der Waals surface area (Å²) >= 11 is 2.13. The highest BCUT2D eigenvalue weighted by atomic mass is 32.2. The van der Waals surface area contributed by atoms with Gasteiger partial charge in [-0.05, 0) is 31.9 Å². The predicted octanol–water partition coefficient (Wildman–Crippen LogP) is 3.83. The molecule has 1 saturated heterocycles. The highest BCUT2D eigenvalue weighted by Crippen LogP contribution is 2.25. The monoisotopic (exact) mass is 229 g/mol. The van der Waals surface area contributed by atoms with E-state index >= 15 is 0 Å². The van der Waals surface area contributed by atoms with E-state index in [-0.39, 0.29) is 0 Å². The topological polar surface area (TPSA) is 12.0 Å². The van der Waals surface area contributed by atoms with Crippen LogP contribution in [-0.4, -0.2) is 23.1 Å². The van der Waals surface area contributed by atoms with E-state index in [1.54, 1.807) is 0 Å². The van der Waals surface area contributed by atoms with Crippen molar-refractivity contribution in [1.82, 2.24) is 5.32 Å². The molecule has 0 spiro atoms. The van der Waals surface area contributed by atoms with Crippen molar-refractivity contribution in [2.45, 2.75) is 76.6 Å². The molecule has 0 amide bonds. The van der Waals surface area contributed by atoms with Crippen LogP contribution in [0.4, 0.5) is 0 Å². The van der Waals surface area contributed by atoms with Crippen molar-refractivity contribution in [2.75, 3.05) is 5.75 Å². The molecule has 1 nitrogen and oxygen atoms in total. The van der Waals surface area contributed by atoms with Gasteiger partial charge in [0.15, 0.2) is 0 Å². The molecular formula is C13H27NS. The summed E-state index contributed by atoms with van der Waals surface area (Å²) in [6.07, 6.45) is 8.24. The lowest BCUT2D eigenvalue weighted by Gasteiger charge is -2.31. The summed E-state index contributed by atoms with van der Waals surface area (Å²) in [5, 5.41) is 4.62. The molecule has 1 heterocycles. The minimum Gasteiger partial charge on any atom is -0.310 e. The Labute approximate surface area is 99.8 Å². The average molecular weight is 229 g/mol. The van der Waals surface area contributed by atoms with Crippen LogP contribution in [-0.2, 0) is 0 Å². The zero-order chi connectivity index (χ0) is 11.1. The van der Waals surface area contributed by atoms with Gasteiger partial charge in [-0.3, -0.25) is 0 Å². The van der Waals surface area contributed by atoms with Gasteiger partial charge in [-0.15, -0.1) is 0 Å². The number of rotatable bonds is 6. The van der Waals surface area contributed by atoms with Crippen LogP contribution in [0.15, 0.2) is 0 Å². The third-order valence-corrected chi connectivity index (χ3v) is 4.72. The standard InChI is InChI=1S/C13H27NS/c1-4-5-6-8-11(2)14-13-9-7-10-15-12(13)3/h11-14H,4-10H2,1-3H3. The normalized spacial score (nSPS) is 29.0. The van der Waals surface area contributed by atoms with Gasteiger partial charge in [0.1, 0.15) is 0 Å². The number of hydrogen-bond donors (Lipinski definition) is 1. The molecule has 15 heavy (non-hydrogen) atoms. The third kappa shape index (κ3) is 5.26. The number of nitrogens with one attached hydrogen (secondary N) is 1. The van der Waals surface area contributed by atoms with Gasteiger partial charge < -0.3 is 5.32 Å². The van der Waals surface area contributed by atoms with Crippen LogP contribution in [0.3, 0.4) is 0 Å². The van der Waals surface area contributed by atoms with Crippen molar-refractivity contribution < 1.29 is 0 Å². The van der Waals surface area contributed by atoms with E-state index < -0.39 is 0 Å². The van der Waals surface area contributed by atoms with Gasteiger partial charge in [-0.2, -0.15) is 11.8 Å². The molecule has 0 aromatic rings. The molecule has 1 aliphatic heterocycles. The molecule has 0 radical (unpaired) electrons. The number of thioether (sulfide) groups is 1. The van der Waals surface area contributed by atoms with Crippen LogP contribution in [0.5, 0.6) is 0 Å². The van der Waals surface area contributed by atoms with E-state index in [0.717, 1.165) is 11.3 Å². The van der Waals surface area contributed by atoms with Gasteiger partial charge in [-0.1, -0.05) is 33.1 Å². The SMILES string of the molecule is CCCCCC(C)NC1CCCSC1C. The van der Waals surface area contributed by atoms with Crippen molar-refractivity contribution >= 4 is 11.8 Å². The fourth-order valence-corrected chi connectivity index (χ4v) is 3.44. The van der Waals surface area contributed by atoms with Crippen LogP contribution < -0.4 is 5.32 Å². The first-order valence-electron chi connectivity index (χ1n) is 6.61. The summed E-state index contributed by atoms with van der Waals surface area (Å²) in [7, 11) is 0. The molecular weight excluding hydrogens is 202 g/mol. The van der Waals surface area contributed by atoms with Crippen molar-refractivity contribution in [2.24, 2.45) is 0 Å². The van der Waals surface area contributed by atoms with E-state index in [4.69, 9.17) is 0 Å². The molecule has 1 rings (SSSR count). The first kappa shape index (κ1) is 13.4. The molecule has 1 aliphatic rings. The van der Waals surface area contributed by atoms with Crippen molar-refractivity contribution in [3.8, 4) is 0 Å². The smallest absolute Gasteiger partial charge is 0.0186 e. The maximum atomic E-state index is 3.81. The lowest BCUT2D eigenvalue weighted by atomic mass is 10.0. The first-order valence-corrected chi connectivity index (χ1v) is 7.66. The molecule has 3 unspecified atom stereocenters. The first-order chi connectivity index (χ1) is 7.24. The lowest BCUT2D eigenvalue weighted by Crippen LogP contribution is -2.43. The summed E-state index contributed by atoms with van der Waals surface area (Å²) in [6.45, 7) is 7.00. The van der Waals surface area contributed by atoms with Crippen LogP contribution in [0.1, 0.15) is 59.3 Å². The Morgan fingerprint density at radius 3 is 2.87 bits per heavy atom. The minimum atomic E-state index is 0.711. The van der Waals surface area contributed by atoms with E-state index in [0.29, 0.717) is 6.04 Å². The Kier molecular flexibility index (Phi) is 6.74. The molecule has 1 fully saturated rings. The van der Waals surface area contributed by atoms with Gasteiger partial charge in [0.05, 0.1) is 0 Å². The van der Waals surface area contributed by atoms with Crippen molar-refractivity contribution in [3.63, 3.8) is 0 Å². The summed E-state index contributed by atoms with van der Waals surface area (Å²) < 4.78 is 0. The Hall–Kier alpha value is 0.310. The Morgan fingerprint density at radius 2 is 2.20 bits per heavy atom. The summed E-state index contributed by atoms with van der Waals surface area (Å²) in [5.41, 5.74) is 0. The van der Waals surface area contributed by atoms with E-state index in [1.807, 2.05) is 0 Å². The van der Waals surface area contributed by atoms with Crippen LogP contribution in [0.25, 0.3) is 0 Å². The van der Waals surface area contributed by atoms with Gasteiger partial charge in [-0.25, -0.2) is 0 Å². The van der Waals surface area contributed by atoms with Crippen LogP contribution in [0, 0.1) is 0 Å². The van der Waals surface area contributed by atoms with Gasteiger partial charge in [0, 0.05) is 17.3 Å². The second-order valence-electron chi connectivity index (χ2n) is 4.89. The minimum absolute atomic E-state index is 0.711. The fourth-order valence-electron chi connectivity index (χ4n) is 2.29. The quantitative estimate of drug-likeness (QED) is 0.695. The molecule has 3 atom stereocenters. The largest absolute Gasteiger partial charge is 0.310 e. The summed E-state index contributed by atoms with van der Waals surface area (Å²) in [6, 6.07) is 1.48. The molecule has 0 aliphatic carbocycles. The van der Waals surface area contributed by atoms with E-state index in [2.05, 4.69) is 37.8 Å². The zero-order valence-electron chi connectivity index (χ0n) is 10.6. The molecule has 0 aromatic heterocycles. The Morgan fingerprint density at radius 1 is 1.40 bits per heavy atom. The predicted molar refractivity (Wildman–Crippen MR) is 71.7 cm³/mol. The number of hydrogen-bond acceptors (Lipinski definition) is 2. The summed E-state index contributed by atoms with van der Waals surface area (Å²) in [5.74, 6) is 1.36. The van der Waals surface area contributed by atoms with Gasteiger partial charge >= 0.3 is 0 Å². The van der Waals surface area contributed by atoms with E-state index in [1.165, 1.54) is 44.3 Å². The fraction of sp³-hybridized carbons (Fsp3) is 1.00. The molecule has 0 saturated carbocycles. The lowest BCUT2D eigenvalue weighted by molar-refractivity contribution is 0.388. The number of unbranched alkanes of at least 4 members (excludes halogenated alkanes) is 2. The highest BCUT2D eigenvalue weighted by Gasteiger charge is 2.22. The maximum absolute atomic E-state index is 3.81. The Bertz CT molecular complexity index is 161. The Balaban J connectivity index is 2.15. The van der Waals surface area contributed by atoms with E-state index in [9.17, 15) is 0 Å². The van der Waals surface area contributed by atoms with Crippen LogP contribution >= 0.6 is 11.8 Å². The van der Waals surface area contributed by atoms with Crippen molar-refractivity contribution in [1.29, 1.82) is 0 Å². The molecule has 0 bridgehead atoms. The zero-order valence-corrected chi connectivity index (χ0v) is 11.4. The van der Waals surface area contributed by atoms with Crippen LogP contribution in [0.2, 0.25) is 0 Å². The molecule has 1 N–H and O–H groups in total.